The smallest absolute Gasteiger partial charge is 0.416 e. The van der Waals surface area contributed by atoms with Gasteiger partial charge in [0.25, 0.3) is 0 Å². The monoisotopic (exact) mass is 407 g/mol. The maximum absolute atomic E-state index is 13.2. The van der Waals surface area contributed by atoms with Crippen molar-refractivity contribution in [1.29, 1.82) is 0 Å². The largest absolute Gasteiger partial charge is 0.493 e. The summed E-state index contributed by atoms with van der Waals surface area (Å²) in [6.07, 6.45) is -2.94. The summed E-state index contributed by atoms with van der Waals surface area (Å²) in [6, 6.07) is 5.46. The summed E-state index contributed by atoms with van der Waals surface area (Å²) in [7, 11) is 0. The fourth-order valence-electron chi connectivity index (χ4n) is 3.79. The Morgan fingerprint density at radius 2 is 1.93 bits per heavy atom. The topological polar surface area (TPSA) is 79.9 Å². The highest BCUT2D eigenvalue weighted by molar-refractivity contribution is 5.57. The van der Waals surface area contributed by atoms with Gasteiger partial charge in [0.15, 0.2) is 5.65 Å². The first-order valence-electron chi connectivity index (χ1n) is 9.29. The normalized spacial score (nSPS) is 15.9. The van der Waals surface area contributed by atoms with Gasteiger partial charge in [0, 0.05) is 31.6 Å². The Labute approximate surface area is 164 Å². The third-order valence-corrected chi connectivity index (χ3v) is 5.42. The standard InChI is InChI=1S/C20H20F3N3O3/c1-11-13(3-2-4-15(11)20(21,22)23)9-14-18-24-16(12-5-7-29-8-6-12)10-17(27)26(18)25-19(14)28/h2-4,10,12,27H,5-9H2,1H3,(H,25,28). The lowest BCUT2D eigenvalue weighted by molar-refractivity contribution is -0.138. The molecular formula is C20H20F3N3O3. The van der Waals surface area contributed by atoms with Crippen LogP contribution in [0.1, 0.15) is 46.7 Å². The number of hydrogen-bond donors (Lipinski definition) is 2. The summed E-state index contributed by atoms with van der Waals surface area (Å²) < 4.78 is 46.2. The molecule has 29 heavy (non-hydrogen) atoms. The van der Waals surface area contributed by atoms with E-state index < -0.39 is 11.7 Å². The lowest BCUT2D eigenvalue weighted by Crippen LogP contribution is -2.15. The zero-order valence-electron chi connectivity index (χ0n) is 15.7. The average molecular weight is 407 g/mol. The summed E-state index contributed by atoms with van der Waals surface area (Å²) in [5.74, 6) is -0.451. The van der Waals surface area contributed by atoms with E-state index in [0.717, 1.165) is 23.4 Å². The van der Waals surface area contributed by atoms with Gasteiger partial charge in [-0.15, -0.1) is 5.10 Å². The van der Waals surface area contributed by atoms with Crippen molar-refractivity contribution in [3.8, 4) is 11.8 Å². The van der Waals surface area contributed by atoms with Crippen LogP contribution in [0.2, 0.25) is 0 Å². The lowest BCUT2D eigenvalue weighted by Gasteiger charge is -2.21. The Balaban J connectivity index is 1.78. The fourth-order valence-corrected chi connectivity index (χ4v) is 3.79. The van der Waals surface area contributed by atoms with Crippen LogP contribution in [0.3, 0.4) is 0 Å². The van der Waals surface area contributed by atoms with Gasteiger partial charge < -0.3 is 14.9 Å². The molecule has 0 unspecified atom stereocenters. The Morgan fingerprint density at radius 3 is 2.62 bits per heavy atom. The van der Waals surface area contributed by atoms with Gasteiger partial charge in [-0.25, -0.2) is 4.98 Å². The molecule has 1 aliphatic heterocycles. The molecular weight excluding hydrogens is 387 g/mol. The predicted molar refractivity (Wildman–Crippen MR) is 98.1 cm³/mol. The van der Waals surface area contributed by atoms with Crippen LogP contribution in [0.4, 0.5) is 13.2 Å². The van der Waals surface area contributed by atoms with Crippen molar-refractivity contribution in [2.24, 2.45) is 0 Å². The Morgan fingerprint density at radius 1 is 1.21 bits per heavy atom. The van der Waals surface area contributed by atoms with Crippen LogP contribution in [0.5, 0.6) is 11.8 Å². The molecule has 0 atom stereocenters. The number of aromatic hydroxyl groups is 2. The molecule has 4 rings (SSSR count). The molecule has 0 spiro atoms. The first kappa shape index (κ1) is 19.5. The number of halogens is 3. The van der Waals surface area contributed by atoms with Crippen molar-refractivity contribution in [2.75, 3.05) is 13.2 Å². The predicted octanol–water partition coefficient (Wildman–Crippen LogP) is 3.95. The summed E-state index contributed by atoms with van der Waals surface area (Å²) >= 11 is 0. The van der Waals surface area contributed by atoms with Crippen LogP contribution >= 0.6 is 0 Å². The number of fused-ring (bicyclic) bond motifs is 1. The third kappa shape index (κ3) is 3.62. The molecule has 0 radical (unpaired) electrons. The van der Waals surface area contributed by atoms with E-state index in [2.05, 4.69) is 10.1 Å². The molecule has 0 bridgehead atoms. The minimum Gasteiger partial charge on any atom is -0.493 e. The number of hydrogen-bond acceptors (Lipinski definition) is 5. The summed E-state index contributed by atoms with van der Waals surface area (Å²) in [6.45, 7) is 2.59. The summed E-state index contributed by atoms with van der Waals surface area (Å²) in [4.78, 5) is 4.58. The van der Waals surface area contributed by atoms with E-state index in [0.29, 0.717) is 24.5 Å². The second-order valence-corrected chi connectivity index (χ2v) is 7.23. The van der Waals surface area contributed by atoms with Crippen molar-refractivity contribution in [1.82, 2.24) is 14.6 Å². The van der Waals surface area contributed by atoms with Crippen LogP contribution < -0.4 is 0 Å². The molecule has 0 saturated carbocycles. The quantitative estimate of drug-likeness (QED) is 0.687. The van der Waals surface area contributed by atoms with Crippen LogP contribution in [-0.2, 0) is 17.3 Å². The van der Waals surface area contributed by atoms with Gasteiger partial charge in [0.1, 0.15) is 0 Å². The molecule has 3 aromatic rings. The number of benzene rings is 1. The number of rotatable bonds is 3. The molecule has 9 heteroatoms. The molecule has 2 aromatic heterocycles. The van der Waals surface area contributed by atoms with Gasteiger partial charge in [-0.1, -0.05) is 12.1 Å². The highest BCUT2D eigenvalue weighted by atomic mass is 19.4. The number of aromatic nitrogens is 3. The second-order valence-electron chi connectivity index (χ2n) is 7.23. The van der Waals surface area contributed by atoms with Crippen molar-refractivity contribution in [2.45, 2.75) is 38.3 Å². The highest BCUT2D eigenvalue weighted by Crippen LogP contribution is 2.35. The average Bonchev–Trinajstić information content (AvgIpc) is 2.99. The third-order valence-electron chi connectivity index (χ3n) is 5.42. The molecule has 0 aliphatic carbocycles. The van der Waals surface area contributed by atoms with E-state index in [-0.39, 0.29) is 40.9 Å². The number of alkyl halides is 3. The zero-order chi connectivity index (χ0) is 20.8. The molecule has 1 saturated heterocycles. The molecule has 1 aliphatic rings. The molecule has 6 nitrogen and oxygen atoms in total. The molecule has 2 N–H and O–H groups in total. The van der Waals surface area contributed by atoms with Gasteiger partial charge >= 0.3 is 6.18 Å². The molecule has 0 amide bonds. The van der Waals surface area contributed by atoms with E-state index in [1.165, 1.54) is 19.1 Å². The first-order valence-corrected chi connectivity index (χ1v) is 9.29. The van der Waals surface area contributed by atoms with Gasteiger partial charge in [0.2, 0.25) is 11.8 Å². The SMILES string of the molecule is Cc1c(Cc2c(O)nn3c(O)cc(C4CCOCC4)nc23)cccc1C(F)(F)F. The maximum atomic E-state index is 13.2. The second kappa shape index (κ2) is 7.22. The Kier molecular flexibility index (Phi) is 4.85. The van der Waals surface area contributed by atoms with Gasteiger partial charge in [-0.2, -0.15) is 17.7 Å². The Bertz CT molecular complexity index is 1060. The van der Waals surface area contributed by atoms with Crippen LogP contribution in [0, 0.1) is 6.92 Å². The van der Waals surface area contributed by atoms with Crippen LogP contribution in [0.15, 0.2) is 24.3 Å². The zero-order valence-corrected chi connectivity index (χ0v) is 15.7. The van der Waals surface area contributed by atoms with E-state index in [1.54, 1.807) is 6.07 Å². The van der Waals surface area contributed by atoms with E-state index in [1.807, 2.05) is 0 Å². The Hall–Kier alpha value is -2.81. The highest BCUT2D eigenvalue weighted by Gasteiger charge is 2.33. The number of ether oxygens (including phenoxy) is 1. The first-order chi connectivity index (χ1) is 13.8. The van der Waals surface area contributed by atoms with Crippen LogP contribution in [-0.4, -0.2) is 38.0 Å². The maximum Gasteiger partial charge on any atom is 0.416 e. The van der Waals surface area contributed by atoms with Gasteiger partial charge in [-0.3, -0.25) is 0 Å². The number of nitrogens with zero attached hydrogens (tertiary/aromatic N) is 3. The van der Waals surface area contributed by atoms with Crippen molar-refractivity contribution < 1.29 is 28.1 Å². The molecule has 154 valence electrons. The van der Waals surface area contributed by atoms with Crippen molar-refractivity contribution >= 4 is 5.65 Å². The van der Waals surface area contributed by atoms with Gasteiger partial charge in [0.05, 0.1) is 16.8 Å². The molecule has 3 heterocycles. The lowest BCUT2D eigenvalue weighted by atomic mass is 9.95. The molecule has 1 aromatic carbocycles. The van der Waals surface area contributed by atoms with E-state index in [4.69, 9.17) is 4.74 Å². The van der Waals surface area contributed by atoms with Crippen LogP contribution in [0.25, 0.3) is 5.65 Å². The van der Waals surface area contributed by atoms with Crippen molar-refractivity contribution in [3.05, 3.63) is 52.2 Å². The molecule has 1 fully saturated rings. The minimum absolute atomic E-state index is 0.00869. The summed E-state index contributed by atoms with van der Waals surface area (Å²) in [5.41, 5.74) is 0.939. The fraction of sp³-hybridized carbons (Fsp3) is 0.400. The van der Waals surface area contributed by atoms with E-state index in [9.17, 15) is 23.4 Å². The minimum atomic E-state index is -4.46. The van der Waals surface area contributed by atoms with Crippen molar-refractivity contribution in [3.63, 3.8) is 0 Å². The van der Waals surface area contributed by atoms with E-state index >= 15 is 0 Å². The summed E-state index contributed by atoms with van der Waals surface area (Å²) in [5, 5.41) is 24.6. The van der Waals surface area contributed by atoms with Gasteiger partial charge in [-0.05, 0) is 37.0 Å².